The first kappa shape index (κ1) is 34.0. The van der Waals surface area contributed by atoms with E-state index in [-0.39, 0.29) is 30.4 Å². The van der Waals surface area contributed by atoms with Crippen LogP contribution in [0.3, 0.4) is 0 Å². The highest BCUT2D eigenvalue weighted by molar-refractivity contribution is 8.00. The van der Waals surface area contributed by atoms with Crippen LogP contribution < -0.4 is 5.32 Å². The van der Waals surface area contributed by atoms with Crippen LogP contribution in [0.4, 0.5) is 0 Å². The van der Waals surface area contributed by atoms with E-state index in [1.807, 2.05) is 0 Å². The second-order valence-corrected chi connectivity index (χ2v) is 9.76. The molecule has 1 aromatic rings. The van der Waals surface area contributed by atoms with Crippen LogP contribution in [0.25, 0.3) is 0 Å². The molecule has 1 rings (SSSR count). The van der Waals surface area contributed by atoms with Gasteiger partial charge in [-0.15, -0.1) is 11.8 Å². The third-order valence-electron chi connectivity index (χ3n) is 5.38. The number of phenolic OH excluding ortho intramolecular Hbond substituents is 1. The number of unbranched alkanes of at least 4 members (excludes halogenated alkanes) is 2. The van der Waals surface area contributed by atoms with E-state index in [2.05, 4.69) is 73.0 Å². The minimum atomic E-state index is -0.632. The zero-order valence-corrected chi connectivity index (χ0v) is 24.2. The van der Waals surface area contributed by atoms with E-state index in [0.29, 0.717) is 0 Å². The monoisotopic (exact) mass is 555 g/mol. The first-order valence-corrected chi connectivity index (χ1v) is 14.8. The Morgan fingerprint density at radius 3 is 2.08 bits per heavy atom. The minimum absolute atomic E-state index is 0.00720. The molecule has 0 aliphatic heterocycles. The van der Waals surface area contributed by atoms with E-state index in [4.69, 9.17) is 9.47 Å². The number of ether oxygens (including phenoxy) is 2. The lowest BCUT2D eigenvalue weighted by atomic mass is 10.2. The summed E-state index contributed by atoms with van der Waals surface area (Å²) in [6, 6.07) is 6.17. The van der Waals surface area contributed by atoms with E-state index in [1.54, 1.807) is 12.1 Å². The summed E-state index contributed by atoms with van der Waals surface area (Å²) in [6.45, 7) is 2.32. The molecule has 0 heterocycles. The molecule has 0 saturated carbocycles. The van der Waals surface area contributed by atoms with Gasteiger partial charge in [-0.3, -0.25) is 4.79 Å². The Bertz CT molecular complexity index is 952. The number of thioether (sulfide) groups is 1. The highest BCUT2D eigenvalue weighted by atomic mass is 32.2. The molecule has 1 unspecified atom stereocenters. The quantitative estimate of drug-likeness (QED) is 0.0717. The third kappa shape index (κ3) is 18.0. The smallest absolute Gasteiger partial charge is 0.341 e. The number of hydrogen-bond donors (Lipinski definition) is 2. The Hall–Kier alpha value is -3.03. The number of allylic oxidation sites excluding steroid dienone is 10. The maximum absolute atomic E-state index is 12.3. The van der Waals surface area contributed by atoms with E-state index in [1.165, 1.54) is 31.0 Å². The number of amides is 1. The van der Waals surface area contributed by atoms with Gasteiger partial charge in [0.2, 0.25) is 0 Å². The number of nitrogens with one attached hydrogen (secondary N) is 1. The van der Waals surface area contributed by atoms with Gasteiger partial charge in [0.15, 0.2) is 5.44 Å². The number of rotatable bonds is 21. The molecule has 0 fully saturated rings. The van der Waals surface area contributed by atoms with E-state index in [0.717, 1.165) is 57.1 Å². The predicted molar refractivity (Wildman–Crippen MR) is 163 cm³/mol. The summed E-state index contributed by atoms with van der Waals surface area (Å²) in [5, 5.41) is 12.4. The Labute approximate surface area is 238 Å². The fourth-order valence-electron chi connectivity index (χ4n) is 3.30. The molecule has 0 radical (unpaired) electrons. The van der Waals surface area contributed by atoms with Gasteiger partial charge in [0.1, 0.15) is 17.9 Å². The lowest BCUT2D eigenvalue weighted by Crippen LogP contribution is -2.36. The number of hydrogen-bond acceptors (Lipinski definition) is 6. The molecule has 214 valence electrons. The van der Waals surface area contributed by atoms with Crippen molar-refractivity contribution in [3.8, 4) is 5.75 Å². The van der Waals surface area contributed by atoms with Gasteiger partial charge in [0.25, 0.3) is 5.91 Å². The van der Waals surface area contributed by atoms with Crippen molar-refractivity contribution in [2.45, 2.75) is 63.7 Å². The van der Waals surface area contributed by atoms with Crippen molar-refractivity contribution in [3.05, 3.63) is 90.6 Å². The van der Waals surface area contributed by atoms with Crippen LogP contribution in [-0.4, -0.2) is 48.4 Å². The number of aromatic hydroxyl groups is 1. The molecule has 39 heavy (non-hydrogen) atoms. The van der Waals surface area contributed by atoms with E-state index < -0.39 is 11.4 Å². The highest BCUT2D eigenvalue weighted by Crippen LogP contribution is 2.17. The van der Waals surface area contributed by atoms with Crippen LogP contribution in [0.5, 0.6) is 5.75 Å². The molecule has 2 N–H and O–H groups in total. The topological polar surface area (TPSA) is 84.9 Å². The van der Waals surface area contributed by atoms with Crippen molar-refractivity contribution in [1.29, 1.82) is 0 Å². The first-order valence-electron chi connectivity index (χ1n) is 13.7. The molecular weight excluding hydrogens is 510 g/mol. The Morgan fingerprint density at radius 2 is 1.49 bits per heavy atom. The predicted octanol–water partition coefficient (Wildman–Crippen LogP) is 7.29. The second-order valence-electron chi connectivity index (χ2n) is 8.59. The molecular formula is C32H45NO5S. The molecule has 1 amide bonds. The fraction of sp³-hybridized carbons (Fsp3) is 0.438. The van der Waals surface area contributed by atoms with Crippen molar-refractivity contribution in [3.63, 3.8) is 0 Å². The Morgan fingerprint density at radius 1 is 0.897 bits per heavy atom. The van der Waals surface area contributed by atoms with Crippen LogP contribution >= 0.6 is 11.8 Å². The zero-order chi connectivity index (χ0) is 28.4. The maximum atomic E-state index is 12.3. The van der Waals surface area contributed by atoms with Gasteiger partial charge in [-0.2, -0.15) is 0 Å². The van der Waals surface area contributed by atoms with Crippen molar-refractivity contribution < 1.29 is 24.2 Å². The average Bonchev–Trinajstić information content (AvgIpc) is 2.94. The molecule has 1 aromatic carbocycles. The molecule has 0 bridgehead atoms. The SMILES string of the molecule is CCC=CCC=CCC=CCC=CCC=CCCCCSC(OC)C(=O)NCCOC(=O)c1ccccc1O. The number of esters is 1. The molecule has 7 heteroatoms. The summed E-state index contributed by atoms with van der Waals surface area (Å²) in [5.74, 6) is -0.200. The summed E-state index contributed by atoms with van der Waals surface area (Å²) in [4.78, 5) is 24.3. The van der Waals surface area contributed by atoms with Crippen molar-refractivity contribution in [2.75, 3.05) is 26.0 Å². The van der Waals surface area contributed by atoms with Gasteiger partial charge in [0, 0.05) is 7.11 Å². The summed E-state index contributed by atoms with van der Waals surface area (Å²) < 4.78 is 10.4. The minimum Gasteiger partial charge on any atom is -0.507 e. The first-order chi connectivity index (χ1) is 19.1. The van der Waals surface area contributed by atoms with Crippen LogP contribution in [-0.2, 0) is 14.3 Å². The summed E-state index contributed by atoms with van der Waals surface area (Å²) in [5.41, 5.74) is -0.508. The van der Waals surface area contributed by atoms with Crippen LogP contribution in [0.15, 0.2) is 85.0 Å². The molecule has 1 atom stereocenters. The van der Waals surface area contributed by atoms with Gasteiger partial charge >= 0.3 is 5.97 Å². The van der Waals surface area contributed by atoms with E-state index in [9.17, 15) is 14.7 Å². The number of carbonyl (C=O) groups is 2. The Balaban J connectivity index is 2.05. The molecule has 6 nitrogen and oxygen atoms in total. The Kier molecular flexibility index (Phi) is 21.0. The number of methoxy groups -OCH3 is 1. The summed E-state index contributed by atoms with van der Waals surface area (Å²) in [6.07, 6.45) is 30.0. The van der Waals surface area contributed by atoms with Crippen LogP contribution in [0, 0.1) is 0 Å². The molecule has 0 aliphatic rings. The number of phenols is 1. The highest BCUT2D eigenvalue weighted by Gasteiger charge is 2.18. The summed E-state index contributed by atoms with van der Waals surface area (Å²) in [7, 11) is 1.51. The fourth-order valence-corrected chi connectivity index (χ4v) is 4.25. The maximum Gasteiger partial charge on any atom is 0.341 e. The van der Waals surface area contributed by atoms with Crippen LogP contribution in [0.2, 0.25) is 0 Å². The average molecular weight is 556 g/mol. The van der Waals surface area contributed by atoms with Gasteiger partial charge in [-0.1, -0.05) is 79.8 Å². The van der Waals surface area contributed by atoms with Crippen molar-refractivity contribution in [1.82, 2.24) is 5.32 Å². The molecule has 0 aliphatic carbocycles. The van der Waals surface area contributed by atoms with E-state index >= 15 is 0 Å². The number of para-hydroxylation sites is 1. The lowest BCUT2D eigenvalue weighted by Gasteiger charge is -2.15. The normalized spacial score (nSPS) is 12.9. The van der Waals surface area contributed by atoms with Crippen molar-refractivity contribution in [2.24, 2.45) is 0 Å². The zero-order valence-electron chi connectivity index (χ0n) is 23.4. The van der Waals surface area contributed by atoms with Gasteiger partial charge in [-0.25, -0.2) is 4.79 Å². The molecule has 0 spiro atoms. The number of carbonyl (C=O) groups excluding carboxylic acids is 2. The number of benzene rings is 1. The van der Waals surface area contributed by atoms with Gasteiger partial charge < -0.3 is 19.9 Å². The van der Waals surface area contributed by atoms with Crippen LogP contribution in [0.1, 0.15) is 68.6 Å². The molecule has 0 aromatic heterocycles. The summed E-state index contributed by atoms with van der Waals surface area (Å²) >= 11 is 1.46. The van der Waals surface area contributed by atoms with Gasteiger partial charge in [0.05, 0.1) is 6.54 Å². The molecule has 0 saturated heterocycles. The second kappa shape index (κ2) is 24.0. The largest absolute Gasteiger partial charge is 0.507 e. The standard InChI is InChI=1S/C32H45NO5S/c1-3-4-5-6-7-8-9-10-11-12-13-14-15-16-17-18-19-22-27-39-32(37-2)30(35)33-25-26-38-31(36)28-23-20-21-24-29(28)34/h4-5,7-8,10-11,13-14,16-17,20-21,23-24,32,34H,3,6,9,12,15,18-19,22,25-27H2,1-2H3,(H,33,35). The van der Waals surface area contributed by atoms with Crippen molar-refractivity contribution >= 4 is 23.6 Å². The third-order valence-corrected chi connectivity index (χ3v) is 6.61. The lowest BCUT2D eigenvalue weighted by molar-refractivity contribution is -0.126. The van der Waals surface area contributed by atoms with Gasteiger partial charge in [-0.05, 0) is 69.3 Å².